The molecule has 0 bridgehead atoms. The molecule has 5 nitrogen and oxygen atoms in total. The van der Waals surface area contributed by atoms with Gasteiger partial charge in [0.1, 0.15) is 0 Å². The second-order valence-corrected chi connectivity index (χ2v) is 5.58. The number of carbonyl (C=O) groups excluding carboxylic acids is 1. The molecule has 1 aromatic heterocycles. The fourth-order valence-electron chi connectivity index (χ4n) is 2.78. The molecule has 2 rings (SSSR count). The molecule has 0 radical (unpaired) electrons. The Morgan fingerprint density at radius 2 is 2.09 bits per heavy atom. The van der Waals surface area contributed by atoms with Crippen molar-refractivity contribution in [3.05, 3.63) is 36.0 Å². The van der Waals surface area contributed by atoms with E-state index in [9.17, 15) is 4.79 Å². The van der Waals surface area contributed by atoms with Gasteiger partial charge in [-0.2, -0.15) is 0 Å². The van der Waals surface area contributed by atoms with Crippen molar-refractivity contribution in [3.8, 4) is 0 Å². The zero-order chi connectivity index (χ0) is 16.8. The molecule has 2 N–H and O–H groups in total. The normalized spacial score (nSPS) is 13.9. The second kappa shape index (κ2) is 8.13. The molecule has 5 heteroatoms. The van der Waals surface area contributed by atoms with E-state index in [0.717, 1.165) is 16.5 Å². The average Bonchev–Trinajstić information content (AvgIpc) is 2.97. The van der Waals surface area contributed by atoms with Gasteiger partial charge >= 0.3 is 5.97 Å². The fourth-order valence-corrected chi connectivity index (χ4v) is 2.78. The van der Waals surface area contributed by atoms with Crippen molar-refractivity contribution in [2.24, 2.45) is 5.73 Å². The number of esters is 1. The Morgan fingerprint density at radius 1 is 1.30 bits per heavy atom. The van der Waals surface area contributed by atoms with Crippen LogP contribution in [-0.4, -0.2) is 23.7 Å². The summed E-state index contributed by atoms with van der Waals surface area (Å²) >= 11 is 0. The van der Waals surface area contributed by atoms with Gasteiger partial charge in [-0.3, -0.25) is 4.79 Å². The van der Waals surface area contributed by atoms with E-state index < -0.39 is 0 Å². The van der Waals surface area contributed by atoms with Crippen LogP contribution in [-0.2, 0) is 14.3 Å². The fraction of sp³-hybridized carbons (Fsp3) is 0.500. The van der Waals surface area contributed by atoms with E-state index >= 15 is 0 Å². The number of aromatic nitrogens is 1. The highest BCUT2D eigenvalue weighted by Crippen LogP contribution is 2.29. The lowest BCUT2D eigenvalue weighted by Gasteiger charge is -2.17. The van der Waals surface area contributed by atoms with Crippen LogP contribution in [0.5, 0.6) is 0 Å². The van der Waals surface area contributed by atoms with Crippen LogP contribution in [0.3, 0.4) is 0 Å². The van der Waals surface area contributed by atoms with Crippen LogP contribution in [0.1, 0.15) is 51.5 Å². The lowest BCUT2D eigenvalue weighted by atomic mass is 10.1. The van der Waals surface area contributed by atoms with Gasteiger partial charge in [0.15, 0.2) is 6.23 Å². The molecule has 0 saturated carbocycles. The van der Waals surface area contributed by atoms with Gasteiger partial charge < -0.3 is 19.8 Å². The van der Waals surface area contributed by atoms with Gasteiger partial charge in [-0.1, -0.05) is 12.1 Å². The zero-order valence-electron chi connectivity index (χ0n) is 14.1. The third kappa shape index (κ3) is 4.12. The number of hydrogen-bond donors (Lipinski definition) is 1. The second-order valence-electron chi connectivity index (χ2n) is 5.58. The first kappa shape index (κ1) is 17.5. The van der Waals surface area contributed by atoms with E-state index in [1.807, 2.05) is 49.7 Å². The highest BCUT2D eigenvalue weighted by atomic mass is 16.6. The SMILES string of the molecule is CCOC(C)c1cccc2c1ccn2C(C)OC(=O)CCCN. The summed E-state index contributed by atoms with van der Waals surface area (Å²) in [4.78, 5) is 11.8. The Hall–Kier alpha value is -1.85. The number of rotatable bonds is 8. The molecule has 0 aliphatic carbocycles. The van der Waals surface area contributed by atoms with Crippen molar-refractivity contribution >= 4 is 16.9 Å². The summed E-state index contributed by atoms with van der Waals surface area (Å²) in [5, 5.41) is 1.12. The van der Waals surface area contributed by atoms with Gasteiger partial charge in [0.25, 0.3) is 0 Å². The maximum absolute atomic E-state index is 11.8. The zero-order valence-corrected chi connectivity index (χ0v) is 14.1. The minimum Gasteiger partial charge on any atom is -0.441 e. The van der Waals surface area contributed by atoms with E-state index in [2.05, 4.69) is 6.07 Å². The number of hydrogen-bond acceptors (Lipinski definition) is 4. The summed E-state index contributed by atoms with van der Waals surface area (Å²) < 4.78 is 13.2. The molecular formula is C18H26N2O3. The van der Waals surface area contributed by atoms with Crippen LogP contribution in [0, 0.1) is 0 Å². The van der Waals surface area contributed by atoms with Crippen molar-refractivity contribution in [1.82, 2.24) is 4.57 Å². The highest BCUT2D eigenvalue weighted by Gasteiger charge is 2.16. The largest absolute Gasteiger partial charge is 0.441 e. The number of fused-ring (bicyclic) bond motifs is 1. The molecular weight excluding hydrogens is 292 g/mol. The number of benzene rings is 1. The first-order chi connectivity index (χ1) is 11.1. The van der Waals surface area contributed by atoms with Gasteiger partial charge in [-0.25, -0.2) is 0 Å². The third-order valence-electron chi connectivity index (χ3n) is 3.93. The standard InChI is InChI=1S/C18H26N2O3/c1-4-22-13(2)15-7-5-8-17-16(15)10-12-20(17)14(3)23-18(21)9-6-11-19/h5,7-8,10,12-14H,4,6,9,11,19H2,1-3H3. The molecule has 0 spiro atoms. The number of nitrogens with zero attached hydrogens (tertiary/aromatic N) is 1. The monoisotopic (exact) mass is 318 g/mol. The van der Waals surface area contributed by atoms with Crippen LogP contribution < -0.4 is 5.73 Å². The van der Waals surface area contributed by atoms with Gasteiger partial charge in [0, 0.05) is 24.6 Å². The van der Waals surface area contributed by atoms with Crippen molar-refractivity contribution in [2.45, 2.75) is 45.9 Å². The smallest absolute Gasteiger partial charge is 0.307 e. The molecule has 0 amide bonds. The molecule has 1 heterocycles. The minimum atomic E-state index is -0.351. The van der Waals surface area contributed by atoms with E-state index in [1.54, 1.807) is 0 Å². The molecule has 2 aromatic rings. The maximum atomic E-state index is 11.8. The molecule has 23 heavy (non-hydrogen) atoms. The molecule has 126 valence electrons. The molecule has 0 aliphatic heterocycles. The topological polar surface area (TPSA) is 66.5 Å². The summed E-state index contributed by atoms with van der Waals surface area (Å²) in [6.07, 6.45) is 2.63. The van der Waals surface area contributed by atoms with Crippen LogP contribution in [0.25, 0.3) is 10.9 Å². The minimum absolute atomic E-state index is 0.0296. The maximum Gasteiger partial charge on any atom is 0.307 e. The van der Waals surface area contributed by atoms with Gasteiger partial charge in [0.05, 0.1) is 11.6 Å². The Bertz CT molecular complexity index is 651. The first-order valence-corrected chi connectivity index (χ1v) is 8.19. The van der Waals surface area contributed by atoms with Crippen LogP contribution in [0.15, 0.2) is 30.5 Å². The summed E-state index contributed by atoms with van der Waals surface area (Å²) in [5.74, 6) is -0.219. The van der Waals surface area contributed by atoms with E-state index in [-0.39, 0.29) is 18.3 Å². The van der Waals surface area contributed by atoms with Crippen LogP contribution in [0.4, 0.5) is 0 Å². The number of ether oxygens (including phenoxy) is 2. The first-order valence-electron chi connectivity index (χ1n) is 8.19. The molecule has 2 unspecified atom stereocenters. The van der Waals surface area contributed by atoms with Crippen molar-refractivity contribution < 1.29 is 14.3 Å². The Morgan fingerprint density at radius 3 is 2.78 bits per heavy atom. The van der Waals surface area contributed by atoms with E-state index in [0.29, 0.717) is 26.0 Å². The van der Waals surface area contributed by atoms with Crippen molar-refractivity contribution in [2.75, 3.05) is 13.2 Å². The third-order valence-corrected chi connectivity index (χ3v) is 3.93. The molecule has 2 atom stereocenters. The van der Waals surface area contributed by atoms with Gasteiger partial charge in [0.2, 0.25) is 0 Å². The molecule has 1 aromatic carbocycles. The van der Waals surface area contributed by atoms with E-state index in [4.69, 9.17) is 15.2 Å². The average molecular weight is 318 g/mol. The van der Waals surface area contributed by atoms with Gasteiger partial charge in [-0.15, -0.1) is 0 Å². The van der Waals surface area contributed by atoms with Crippen molar-refractivity contribution in [3.63, 3.8) is 0 Å². The Labute approximate surface area is 137 Å². The van der Waals surface area contributed by atoms with Gasteiger partial charge in [-0.05, 0) is 51.4 Å². The lowest BCUT2D eigenvalue weighted by molar-refractivity contribution is -0.152. The lowest BCUT2D eigenvalue weighted by Crippen LogP contribution is -2.15. The highest BCUT2D eigenvalue weighted by molar-refractivity contribution is 5.84. The van der Waals surface area contributed by atoms with E-state index in [1.165, 1.54) is 0 Å². The van der Waals surface area contributed by atoms with Crippen LogP contribution >= 0.6 is 0 Å². The number of carbonyl (C=O) groups is 1. The quantitative estimate of drug-likeness (QED) is 0.756. The molecule has 0 aliphatic rings. The van der Waals surface area contributed by atoms with Crippen LogP contribution in [0.2, 0.25) is 0 Å². The Balaban J connectivity index is 2.22. The summed E-state index contributed by atoms with van der Waals surface area (Å²) in [7, 11) is 0. The van der Waals surface area contributed by atoms with Crippen molar-refractivity contribution in [1.29, 1.82) is 0 Å². The summed E-state index contributed by atoms with van der Waals surface area (Å²) in [5.41, 5.74) is 7.60. The molecule has 0 fully saturated rings. The predicted octanol–water partition coefficient (Wildman–Crippen LogP) is 3.54. The Kier molecular flexibility index (Phi) is 6.19. The molecule has 0 saturated heterocycles. The summed E-state index contributed by atoms with van der Waals surface area (Å²) in [6, 6.07) is 8.16. The summed E-state index contributed by atoms with van der Waals surface area (Å²) in [6.45, 7) is 7.08. The predicted molar refractivity (Wildman–Crippen MR) is 91.1 cm³/mol. The number of nitrogens with two attached hydrogens (primary N) is 1.